The first-order valence-corrected chi connectivity index (χ1v) is 4.63. The minimum absolute atomic E-state index is 0.221. The van der Waals surface area contributed by atoms with Crippen LogP contribution in [0.1, 0.15) is 6.42 Å². The lowest BCUT2D eigenvalue weighted by Crippen LogP contribution is -2.04. The molecule has 15 heavy (non-hydrogen) atoms. The summed E-state index contributed by atoms with van der Waals surface area (Å²) in [6.45, 7) is 0. The van der Waals surface area contributed by atoms with Crippen molar-refractivity contribution in [3.63, 3.8) is 0 Å². The minimum Gasteiger partial charge on any atom is -0.350 e. The molecule has 0 aliphatic heterocycles. The highest BCUT2D eigenvalue weighted by molar-refractivity contribution is 5.52. The van der Waals surface area contributed by atoms with Gasteiger partial charge in [-0.1, -0.05) is 24.3 Å². The maximum Gasteiger partial charge on any atom is 0.273 e. The molecule has 0 bridgehead atoms. The van der Waals surface area contributed by atoms with Crippen LogP contribution in [0.4, 0.5) is 5.69 Å². The Morgan fingerprint density at radius 2 is 2.00 bits per heavy atom. The van der Waals surface area contributed by atoms with Gasteiger partial charge in [0.1, 0.15) is 5.70 Å². The van der Waals surface area contributed by atoms with Gasteiger partial charge in [-0.3, -0.25) is 10.1 Å². The first kappa shape index (κ1) is 9.45. The second-order valence-corrected chi connectivity index (χ2v) is 3.21. The van der Waals surface area contributed by atoms with Crippen LogP contribution in [0.15, 0.2) is 53.9 Å². The number of nitrogens with zero attached hydrogens (tertiary/aromatic N) is 1. The Balaban J connectivity index is 2.22. The molecule has 76 valence electrons. The fourth-order valence-corrected chi connectivity index (χ4v) is 1.46. The molecule has 1 aliphatic rings. The van der Waals surface area contributed by atoms with Crippen LogP contribution in [0.5, 0.6) is 0 Å². The molecule has 4 nitrogen and oxygen atoms in total. The Morgan fingerprint density at radius 3 is 2.67 bits per heavy atom. The molecule has 0 atom stereocenters. The van der Waals surface area contributed by atoms with Crippen LogP contribution in [0, 0.1) is 10.1 Å². The maximum absolute atomic E-state index is 10.7. The number of nitro groups is 1. The second-order valence-electron chi connectivity index (χ2n) is 3.21. The molecule has 0 heterocycles. The Morgan fingerprint density at radius 1 is 1.27 bits per heavy atom. The molecule has 4 heteroatoms. The number of para-hydroxylation sites is 1. The van der Waals surface area contributed by atoms with Gasteiger partial charge in [-0.15, -0.1) is 0 Å². The summed E-state index contributed by atoms with van der Waals surface area (Å²) in [7, 11) is 0. The molecule has 0 amide bonds. The molecule has 1 N–H and O–H groups in total. The third-order valence-electron chi connectivity index (χ3n) is 2.18. The van der Waals surface area contributed by atoms with E-state index >= 15 is 0 Å². The number of hydrogen-bond acceptors (Lipinski definition) is 3. The van der Waals surface area contributed by atoms with Crippen LogP contribution in [0.2, 0.25) is 0 Å². The van der Waals surface area contributed by atoms with Crippen molar-refractivity contribution in [2.45, 2.75) is 6.42 Å². The van der Waals surface area contributed by atoms with Crippen molar-refractivity contribution in [2.24, 2.45) is 0 Å². The number of allylic oxidation sites excluding steroid dienone is 2. The van der Waals surface area contributed by atoms with Crippen LogP contribution in [-0.4, -0.2) is 4.92 Å². The summed E-state index contributed by atoms with van der Waals surface area (Å²) in [4.78, 5) is 10.3. The Kier molecular flexibility index (Phi) is 2.49. The fourth-order valence-electron chi connectivity index (χ4n) is 1.46. The summed E-state index contributed by atoms with van der Waals surface area (Å²) >= 11 is 0. The molecule has 0 saturated heterocycles. The summed E-state index contributed by atoms with van der Waals surface area (Å²) < 4.78 is 0. The SMILES string of the molecule is O=[N+]([O-])C1=C(Nc2ccccc2)C=CC1. The first-order chi connectivity index (χ1) is 7.27. The zero-order chi connectivity index (χ0) is 10.7. The maximum atomic E-state index is 10.7. The smallest absolute Gasteiger partial charge is 0.273 e. The zero-order valence-corrected chi connectivity index (χ0v) is 8.01. The third kappa shape index (κ3) is 2.04. The molecule has 1 aliphatic carbocycles. The van der Waals surface area contributed by atoms with Crippen LogP contribution < -0.4 is 5.32 Å². The predicted octanol–water partition coefficient (Wildman–Crippen LogP) is 2.55. The van der Waals surface area contributed by atoms with Gasteiger partial charge < -0.3 is 5.32 Å². The van der Waals surface area contributed by atoms with Crippen molar-refractivity contribution in [1.82, 2.24) is 0 Å². The molecule has 0 saturated carbocycles. The first-order valence-electron chi connectivity index (χ1n) is 4.63. The quantitative estimate of drug-likeness (QED) is 0.605. The van der Waals surface area contributed by atoms with Gasteiger partial charge in [0.15, 0.2) is 0 Å². The highest BCUT2D eigenvalue weighted by atomic mass is 16.6. The van der Waals surface area contributed by atoms with E-state index in [1.165, 1.54) is 0 Å². The molecular formula is C11H10N2O2. The molecule has 2 rings (SSSR count). The molecule has 0 fully saturated rings. The van der Waals surface area contributed by atoms with E-state index in [2.05, 4.69) is 5.32 Å². The molecule has 0 unspecified atom stereocenters. The lowest BCUT2D eigenvalue weighted by Gasteiger charge is -2.04. The highest BCUT2D eigenvalue weighted by Crippen LogP contribution is 2.21. The van der Waals surface area contributed by atoms with E-state index in [1.807, 2.05) is 30.3 Å². The van der Waals surface area contributed by atoms with E-state index in [0.717, 1.165) is 5.69 Å². The number of anilines is 1. The van der Waals surface area contributed by atoms with E-state index < -0.39 is 0 Å². The Labute approximate surface area is 87.1 Å². The van der Waals surface area contributed by atoms with Crippen molar-refractivity contribution < 1.29 is 4.92 Å². The second kappa shape index (κ2) is 3.96. The molecule has 1 aromatic carbocycles. The van der Waals surface area contributed by atoms with E-state index in [9.17, 15) is 10.1 Å². The molecular weight excluding hydrogens is 192 g/mol. The van der Waals surface area contributed by atoms with E-state index in [4.69, 9.17) is 0 Å². The molecule has 0 spiro atoms. The van der Waals surface area contributed by atoms with Gasteiger partial charge >= 0.3 is 0 Å². The largest absolute Gasteiger partial charge is 0.350 e. The molecule has 1 aromatic rings. The normalized spacial score (nSPS) is 14.4. The zero-order valence-electron chi connectivity index (χ0n) is 8.01. The van der Waals surface area contributed by atoms with E-state index in [1.54, 1.807) is 12.2 Å². The summed E-state index contributed by atoms with van der Waals surface area (Å²) in [6.07, 6.45) is 3.91. The van der Waals surface area contributed by atoms with Crippen molar-refractivity contribution >= 4 is 5.69 Å². The Bertz CT molecular complexity index is 435. The van der Waals surface area contributed by atoms with Crippen molar-refractivity contribution in [3.05, 3.63) is 64.0 Å². The number of rotatable bonds is 3. The fraction of sp³-hybridized carbons (Fsp3) is 0.0909. The van der Waals surface area contributed by atoms with Gasteiger partial charge in [0.25, 0.3) is 5.70 Å². The van der Waals surface area contributed by atoms with Crippen molar-refractivity contribution in [2.75, 3.05) is 5.32 Å². The summed E-state index contributed by atoms with van der Waals surface area (Å²) in [5, 5.41) is 13.7. The number of hydrogen-bond donors (Lipinski definition) is 1. The lowest BCUT2D eigenvalue weighted by molar-refractivity contribution is -0.427. The van der Waals surface area contributed by atoms with Gasteiger partial charge in [-0.05, 0) is 18.2 Å². The summed E-state index contributed by atoms with van der Waals surface area (Å²) in [5.74, 6) is 0. The number of nitrogens with one attached hydrogen (secondary N) is 1. The minimum atomic E-state index is -0.342. The third-order valence-corrected chi connectivity index (χ3v) is 2.18. The van der Waals surface area contributed by atoms with Crippen molar-refractivity contribution in [1.29, 1.82) is 0 Å². The van der Waals surface area contributed by atoms with E-state index in [-0.39, 0.29) is 10.6 Å². The van der Waals surface area contributed by atoms with E-state index in [0.29, 0.717) is 12.1 Å². The average molecular weight is 202 g/mol. The Hall–Kier alpha value is -2.10. The van der Waals surface area contributed by atoms with Gasteiger partial charge in [-0.2, -0.15) is 0 Å². The lowest BCUT2D eigenvalue weighted by atomic mass is 10.3. The van der Waals surface area contributed by atoms with Gasteiger partial charge in [0.05, 0.1) is 11.3 Å². The van der Waals surface area contributed by atoms with Crippen LogP contribution in [0.3, 0.4) is 0 Å². The van der Waals surface area contributed by atoms with Crippen LogP contribution >= 0.6 is 0 Å². The van der Waals surface area contributed by atoms with Gasteiger partial charge in [-0.25, -0.2) is 0 Å². The van der Waals surface area contributed by atoms with Crippen LogP contribution in [0.25, 0.3) is 0 Å². The van der Waals surface area contributed by atoms with Gasteiger partial charge in [0.2, 0.25) is 0 Å². The summed E-state index contributed by atoms with van der Waals surface area (Å²) in [5.41, 5.74) is 1.66. The topological polar surface area (TPSA) is 55.2 Å². The number of benzene rings is 1. The molecule has 0 radical (unpaired) electrons. The molecule has 0 aromatic heterocycles. The summed E-state index contributed by atoms with van der Waals surface area (Å²) in [6, 6.07) is 9.41. The standard InChI is InChI=1S/C11H10N2O2/c14-13(15)11-8-4-7-10(11)12-9-5-2-1-3-6-9/h1-7,12H,8H2. The van der Waals surface area contributed by atoms with Gasteiger partial charge in [0, 0.05) is 5.69 Å². The monoisotopic (exact) mass is 202 g/mol. The van der Waals surface area contributed by atoms with Crippen LogP contribution in [-0.2, 0) is 0 Å². The predicted molar refractivity (Wildman–Crippen MR) is 57.8 cm³/mol. The average Bonchev–Trinajstić information content (AvgIpc) is 2.67. The highest BCUT2D eigenvalue weighted by Gasteiger charge is 2.19. The van der Waals surface area contributed by atoms with Crippen molar-refractivity contribution in [3.8, 4) is 0 Å².